The minimum atomic E-state index is -0.233. The molecule has 1 N–H and O–H groups in total. The number of aromatic amines is 1. The van der Waals surface area contributed by atoms with E-state index in [1.807, 2.05) is 0 Å². The van der Waals surface area contributed by atoms with Crippen LogP contribution in [0.3, 0.4) is 0 Å². The van der Waals surface area contributed by atoms with Gasteiger partial charge in [0.1, 0.15) is 10.8 Å². The summed E-state index contributed by atoms with van der Waals surface area (Å²) in [6, 6.07) is 5.25. The minimum absolute atomic E-state index is 0.233. The monoisotopic (exact) mass is 246 g/mol. The van der Waals surface area contributed by atoms with Gasteiger partial charge in [-0.1, -0.05) is 11.6 Å². The van der Waals surface area contributed by atoms with Crippen LogP contribution in [0.5, 0.6) is 0 Å². The van der Waals surface area contributed by atoms with Gasteiger partial charge < -0.3 is 4.98 Å². The lowest BCUT2D eigenvalue weighted by molar-refractivity contribution is 1.01. The Labute approximate surface area is 101 Å². The van der Waals surface area contributed by atoms with Gasteiger partial charge in [0.15, 0.2) is 0 Å². The highest BCUT2D eigenvalue weighted by atomic mass is 35.5. The maximum absolute atomic E-state index is 11.7. The van der Waals surface area contributed by atoms with Crippen LogP contribution in [0.4, 0.5) is 0 Å². The lowest BCUT2D eigenvalue weighted by Gasteiger charge is -2.02. The zero-order chi connectivity index (χ0) is 11.8. The highest BCUT2D eigenvalue weighted by molar-refractivity contribution is 6.29. The number of rotatable bonds is 1. The Kier molecular flexibility index (Phi) is 2.19. The van der Waals surface area contributed by atoms with Crippen molar-refractivity contribution in [3.05, 3.63) is 52.4 Å². The number of fused-ring (bicyclic) bond motifs is 1. The Morgan fingerprint density at radius 3 is 2.94 bits per heavy atom. The van der Waals surface area contributed by atoms with E-state index in [-0.39, 0.29) is 5.69 Å². The molecule has 3 aromatic heterocycles. The normalized spacial score (nSPS) is 10.9. The van der Waals surface area contributed by atoms with Crippen molar-refractivity contribution in [3.63, 3.8) is 0 Å². The molecule has 0 saturated carbocycles. The van der Waals surface area contributed by atoms with Crippen LogP contribution in [0.2, 0.25) is 5.15 Å². The first-order valence-electron chi connectivity index (χ1n) is 4.92. The summed E-state index contributed by atoms with van der Waals surface area (Å²) < 4.78 is 1.44. The van der Waals surface area contributed by atoms with Crippen molar-refractivity contribution in [1.82, 2.24) is 19.4 Å². The molecule has 0 aliphatic rings. The highest BCUT2D eigenvalue weighted by Gasteiger charge is 2.04. The summed E-state index contributed by atoms with van der Waals surface area (Å²) in [5, 5.41) is 0.381. The van der Waals surface area contributed by atoms with Crippen molar-refractivity contribution in [2.24, 2.45) is 0 Å². The summed E-state index contributed by atoms with van der Waals surface area (Å²) in [4.78, 5) is 22.5. The largest absolute Gasteiger partial charge is 0.331 e. The van der Waals surface area contributed by atoms with Gasteiger partial charge in [-0.05, 0) is 12.1 Å². The lowest BCUT2D eigenvalue weighted by Crippen LogP contribution is -2.15. The van der Waals surface area contributed by atoms with Gasteiger partial charge in [-0.2, -0.15) is 0 Å². The average molecular weight is 247 g/mol. The SMILES string of the molecule is O=c1[nH]c(-c2ccnc(Cl)c2)cc2nccn12. The van der Waals surface area contributed by atoms with Gasteiger partial charge in [0, 0.05) is 30.2 Å². The Balaban J connectivity index is 2.27. The van der Waals surface area contributed by atoms with Crippen LogP contribution < -0.4 is 5.69 Å². The molecule has 0 atom stereocenters. The van der Waals surface area contributed by atoms with Gasteiger partial charge in [-0.3, -0.25) is 4.40 Å². The maximum atomic E-state index is 11.7. The molecule has 0 aliphatic heterocycles. The smallest absolute Gasteiger partial charge is 0.306 e. The third-order valence-electron chi connectivity index (χ3n) is 2.44. The first-order valence-corrected chi connectivity index (χ1v) is 5.30. The van der Waals surface area contributed by atoms with E-state index in [1.54, 1.807) is 36.8 Å². The van der Waals surface area contributed by atoms with Crippen LogP contribution in [0.1, 0.15) is 0 Å². The Morgan fingerprint density at radius 2 is 2.12 bits per heavy atom. The molecule has 0 fully saturated rings. The van der Waals surface area contributed by atoms with E-state index < -0.39 is 0 Å². The standard InChI is InChI=1S/C11H7ClN4O/c12-9-5-7(1-2-13-9)8-6-10-14-3-4-16(10)11(17)15-8/h1-6H,(H,15,17). The van der Waals surface area contributed by atoms with Crippen LogP contribution in [0, 0.1) is 0 Å². The third-order valence-corrected chi connectivity index (χ3v) is 2.65. The molecule has 0 radical (unpaired) electrons. The van der Waals surface area contributed by atoms with E-state index in [0.29, 0.717) is 16.5 Å². The minimum Gasteiger partial charge on any atom is -0.306 e. The molecule has 3 aromatic rings. The molecule has 6 heteroatoms. The summed E-state index contributed by atoms with van der Waals surface area (Å²) in [6.45, 7) is 0. The van der Waals surface area contributed by atoms with Gasteiger partial charge in [-0.15, -0.1) is 0 Å². The summed E-state index contributed by atoms with van der Waals surface area (Å²) in [7, 11) is 0. The van der Waals surface area contributed by atoms with Crippen LogP contribution in [-0.4, -0.2) is 19.4 Å². The fraction of sp³-hybridized carbons (Fsp3) is 0. The number of nitrogens with zero attached hydrogens (tertiary/aromatic N) is 3. The lowest BCUT2D eigenvalue weighted by atomic mass is 10.2. The molecular formula is C11H7ClN4O. The van der Waals surface area contributed by atoms with Crippen LogP contribution in [0.15, 0.2) is 41.6 Å². The zero-order valence-electron chi connectivity index (χ0n) is 8.59. The second-order valence-corrected chi connectivity index (χ2v) is 3.90. The molecular weight excluding hydrogens is 240 g/mol. The fourth-order valence-electron chi connectivity index (χ4n) is 1.66. The number of imidazole rings is 1. The quantitative estimate of drug-likeness (QED) is 0.665. The Morgan fingerprint density at radius 1 is 1.24 bits per heavy atom. The maximum Gasteiger partial charge on any atom is 0.331 e. The van der Waals surface area contributed by atoms with Crippen molar-refractivity contribution < 1.29 is 0 Å². The molecule has 0 aromatic carbocycles. The van der Waals surface area contributed by atoms with Crippen molar-refractivity contribution in [3.8, 4) is 11.3 Å². The van der Waals surface area contributed by atoms with E-state index in [1.165, 1.54) is 4.40 Å². The predicted molar refractivity (Wildman–Crippen MR) is 64.1 cm³/mol. The van der Waals surface area contributed by atoms with E-state index in [2.05, 4.69) is 15.0 Å². The predicted octanol–water partition coefficient (Wildman–Crippen LogP) is 1.74. The van der Waals surface area contributed by atoms with Crippen molar-refractivity contribution in [1.29, 1.82) is 0 Å². The van der Waals surface area contributed by atoms with E-state index in [4.69, 9.17) is 11.6 Å². The second-order valence-electron chi connectivity index (χ2n) is 3.51. The van der Waals surface area contributed by atoms with Crippen LogP contribution in [-0.2, 0) is 0 Å². The highest BCUT2D eigenvalue weighted by Crippen LogP contribution is 2.18. The molecule has 84 valence electrons. The van der Waals surface area contributed by atoms with E-state index in [0.717, 1.165) is 5.56 Å². The van der Waals surface area contributed by atoms with Gasteiger partial charge in [0.25, 0.3) is 0 Å². The molecule has 0 aliphatic carbocycles. The molecule has 0 spiro atoms. The van der Waals surface area contributed by atoms with Gasteiger partial charge >= 0.3 is 5.69 Å². The van der Waals surface area contributed by atoms with Crippen molar-refractivity contribution in [2.75, 3.05) is 0 Å². The molecule has 5 nitrogen and oxygen atoms in total. The number of hydrogen-bond donors (Lipinski definition) is 1. The number of nitrogens with one attached hydrogen (secondary N) is 1. The summed E-state index contributed by atoms with van der Waals surface area (Å²) in [6.07, 6.45) is 4.77. The zero-order valence-corrected chi connectivity index (χ0v) is 9.35. The van der Waals surface area contributed by atoms with Crippen molar-refractivity contribution >= 4 is 17.2 Å². The molecule has 3 heterocycles. The number of hydrogen-bond acceptors (Lipinski definition) is 3. The molecule has 17 heavy (non-hydrogen) atoms. The average Bonchev–Trinajstić information content (AvgIpc) is 2.77. The third kappa shape index (κ3) is 1.70. The summed E-state index contributed by atoms with van der Waals surface area (Å²) in [5.74, 6) is 0. The summed E-state index contributed by atoms with van der Waals surface area (Å²) in [5.41, 5.74) is 1.82. The van der Waals surface area contributed by atoms with Gasteiger partial charge in [-0.25, -0.2) is 14.8 Å². The molecule has 0 amide bonds. The first kappa shape index (κ1) is 10.0. The topological polar surface area (TPSA) is 63.0 Å². The number of halogens is 1. The number of pyridine rings is 1. The van der Waals surface area contributed by atoms with E-state index >= 15 is 0 Å². The fourth-order valence-corrected chi connectivity index (χ4v) is 1.83. The summed E-state index contributed by atoms with van der Waals surface area (Å²) >= 11 is 5.81. The first-order chi connectivity index (χ1) is 8.24. The molecule has 0 saturated heterocycles. The molecule has 0 unspecified atom stereocenters. The molecule has 3 rings (SSSR count). The van der Waals surface area contributed by atoms with E-state index in [9.17, 15) is 4.79 Å². The van der Waals surface area contributed by atoms with Crippen LogP contribution in [0.25, 0.3) is 16.9 Å². The molecule has 0 bridgehead atoms. The Bertz CT molecular complexity index is 746. The Hall–Kier alpha value is -2.14. The van der Waals surface area contributed by atoms with Crippen molar-refractivity contribution in [2.45, 2.75) is 0 Å². The van der Waals surface area contributed by atoms with Gasteiger partial charge in [0.05, 0.1) is 5.69 Å². The van der Waals surface area contributed by atoms with Crippen LogP contribution >= 0.6 is 11.6 Å². The second kappa shape index (κ2) is 3.71. The number of H-pyrrole nitrogens is 1. The van der Waals surface area contributed by atoms with Gasteiger partial charge in [0.2, 0.25) is 0 Å². The number of aromatic nitrogens is 4.